The normalized spacial score (nSPS) is 14.7. The molecule has 3 heteroatoms. The van der Waals surface area contributed by atoms with Crippen molar-refractivity contribution in [1.29, 1.82) is 5.26 Å². The standard InChI is InChI=1S/C20H23N3/c21-13-17-7-9-18(10-8-17)14-22-15-19-5-1-2-6-20(19)16-23-11-3-4-12-23/h1-2,5-10,22H,3-4,11-12,14-16H2. The van der Waals surface area contributed by atoms with Gasteiger partial charge >= 0.3 is 0 Å². The minimum atomic E-state index is 0.713. The zero-order chi connectivity index (χ0) is 15.9. The molecule has 1 aliphatic rings. The minimum Gasteiger partial charge on any atom is -0.309 e. The number of rotatable bonds is 6. The van der Waals surface area contributed by atoms with E-state index < -0.39 is 0 Å². The van der Waals surface area contributed by atoms with Gasteiger partial charge in [0.1, 0.15) is 0 Å². The van der Waals surface area contributed by atoms with Gasteiger partial charge in [0.15, 0.2) is 0 Å². The Morgan fingerprint density at radius 1 is 0.913 bits per heavy atom. The van der Waals surface area contributed by atoms with Crippen LogP contribution in [0.1, 0.15) is 35.1 Å². The van der Waals surface area contributed by atoms with Crippen molar-refractivity contribution in [2.24, 2.45) is 0 Å². The maximum absolute atomic E-state index is 8.83. The van der Waals surface area contributed by atoms with Gasteiger partial charge in [-0.1, -0.05) is 36.4 Å². The van der Waals surface area contributed by atoms with Gasteiger partial charge < -0.3 is 5.32 Å². The number of benzene rings is 2. The van der Waals surface area contributed by atoms with Crippen LogP contribution in [0.3, 0.4) is 0 Å². The first kappa shape index (κ1) is 15.7. The molecule has 1 aliphatic heterocycles. The van der Waals surface area contributed by atoms with E-state index in [1.165, 1.54) is 42.6 Å². The maximum Gasteiger partial charge on any atom is 0.0991 e. The second kappa shape index (κ2) is 7.92. The molecule has 3 rings (SSSR count). The highest BCUT2D eigenvalue weighted by molar-refractivity contribution is 5.32. The molecular weight excluding hydrogens is 282 g/mol. The second-order valence-corrected chi connectivity index (χ2v) is 6.16. The van der Waals surface area contributed by atoms with Gasteiger partial charge in [-0.15, -0.1) is 0 Å². The van der Waals surface area contributed by atoms with Gasteiger partial charge in [-0.3, -0.25) is 4.90 Å². The molecule has 1 N–H and O–H groups in total. The minimum absolute atomic E-state index is 0.713. The third kappa shape index (κ3) is 4.41. The SMILES string of the molecule is N#Cc1ccc(CNCc2ccccc2CN2CCCC2)cc1. The lowest BCUT2D eigenvalue weighted by atomic mass is 10.1. The van der Waals surface area contributed by atoms with Crippen molar-refractivity contribution in [3.05, 3.63) is 70.8 Å². The summed E-state index contributed by atoms with van der Waals surface area (Å²) >= 11 is 0. The van der Waals surface area contributed by atoms with Crippen molar-refractivity contribution < 1.29 is 0 Å². The predicted molar refractivity (Wildman–Crippen MR) is 92.7 cm³/mol. The van der Waals surface area contributed by atoms with Crippen LogP contribution in [0.2, 0.25) is 0 Å². The molecule has 118 valence electrons. The van der Waals surface area contributed by atoms with Gasteiger partial charge in [0.2, 0.25) is 0 Å². The molecule has 1 fully saturated rings. The Labute approximate surface area is 138 Å². The zero-order valence-electron chi connectivity index (χ0n) is 13.5. The van der Waals surface area contributed by atoms with E-state index in [9.17, 15) is 0 Å². The summed E-state index contributed by atoms with van der Waals surface area (Å²) in [5, 5.41) is 12.4. The molecule has 2 aromatic carbocycles. The Morgan fingerprint density at radius 3 is 2.30 bits per heavy atom. The Hall–Kier alpha value is -2.15. The Bertz CT molecular complexity index is 664. The first-order chi connectivity index (χ1) is 11.3. The molecule has 2 aromatic rings. The molecule has 1 saturated heterocycles. The van der Waals surface area contributed by atoms with E-state index in [4.69, 9.17) is 5.26 Å². The summed E-state index contributed by atoms with van der Waals surface area (Å²) in [6, 6.07) is 18.6. The Balaban J connectivity index is 1.56. The molecule has 0 spiro atoms. The van der Waals surface area contributed by atoms with E-state index in [0.717, 1.165) is 19.6 Å². The van der Waals surface area contributed by atoms with E-state index in [0.29, 0.717) is 5.56 Å². The summed E-state index contributed by atoms with van der Waals surface area (Å²) in [7, 11) is 0. The van der Waals surface area contributed by atoms with Crippen LogP contribution in [0.4, 0.5) is 0 Å². The lowest BCUT2D eigenvalue weighted by Crippen LogP contribution is -2.21. The largest absolute Gasteiger partial charge is 0.309 e. The van der Waals surface area contributed by atoms with Gasteiger partial charge in [-0.05, 0) is 54.8 Å². The van der Waals surface area contributed by atoms with Crippen molar-refractivity contribution in [3.63, 3.8) is 0 Å². The highest BCUT2D eigenvalue weighted by atomic mass is 15.1. The van der Waals surface area contributed by atoms with Crippen LogP contribution in [0.15, 0.2) is 48.5 Å². The molecular formula is C20H23N3. The van der Waals surface area contributed by atoms with Crippen molar-refractivity contribution in [2.75, 3.05) is 13.1 Å². The fourth-order valence-corrected chi connectivity index (χ4v) is 3.10. The third-order valence-electron chi connectivity index (χ3n) is 4.44. The van der Waals surface area contributed by atoms with E-state index in [1.807, 2.05) is 24.3 Å². The summed E-state index contributed by atoms with van der Waals surface area (Å²) in [6.45, 7) is 5.22. The fraction of sp³-hybridized carbons (Fsp3) is 0.350. The summed E-state index contributed by atoms with van der Waals surface area (Å²) in [6.07, 6.45) is 2.66. The van der Waals surface area contributed by atoms with Gasteiger partial charge in [0.05, 0.1) is 11.6 Å². The summed E-state index contributed by atoms with van der Waals surface area (Å²) < 4.78 is 0. The fourth-order valence-electron chi connectivity index (χ4n) is 3.10. The quantitative estimate of drug-likeness (QED) is 0.888. The molecule has 0 amide bonds. The van der Waals surface area contributed by atoms with Crippen molar-refractivity contribution >= 4 is 0 Å². The summed E-state index contributed by atoms with van der Waals surface area (Å²) in [5.74, 6) is 0. The molecule has 0 bridgehead atoms. The van der Waals surface area contributed by atoms with Crippen LogP contribution in [-0.2, 0) is 19.6 Å². The molecule has 0 atom stereocenters. The second-order valence-electron chi connectivity index (χ2n) is 6.16. The lowest BCUT2D eigenvalue weighted by Gasteiger charge is -2.17. The molecule has 0 saturated carbocycles. The molecule has 0 radical (unpaired) electrons. The topological polar surface area (TPSA) is 39.1 Å². The predicted octanol–water partition coefficient (Wildman–Crippen LogP) is 3.44. The highest BCUT2D eigenvalue weighted by Crippen LogP contribution is 2.16. The number of hydrogen-bond acceptors (Lipinski definition) is 3. The third-order valence-corrected chi connectivity index (χ3v) is 4.44. The maximum atomic E-state index is 8.83. The zero-order valence-corrected chi connectivity index (χ0v) is 13.5. The number of nitrogens with one attached hydrogen (secondary N) is 1. The number of likely N-dealkylation sites (tertiary alicyclic amines) is 1. The smallest absolute Gasteiger partial charge is 0.0991 e. The molecule has 0 aliphatic carbocycles. The lowest BCUT2D eigenvalue weighted by molar-refractivity contribution is 0.330. The van der Waals surface area contributed by atoms with Crippen molar-refractivity contribution in [3.8, 4) is 6.07 Å². The summed E-state index contributed by atoms with van der Waals surface area (Å²) in [5.41, 5.74) is 4.74. The highest BCUT2D eigenvalue weighted by Gasteiger charge is 2.13. The first-order valence-electron chi connectivity index (χ1n) is 8.34. The van der Waals surface area contributed by atoms with E-state index in [-0.39, 0.29) is 0 Å². The Kier molecular flexibility index (Phi) is 5.42. The van der Waals surface area contributed by atoms with Gasteiger partial charge in [-0.2, -0.15) is 5.26 Å². The number of nitriles is 1. The average molecular weight is 305 g/mol. The van der Waals surface area contributed by atoms with Crippen LogP contribution in [0, 0.1) is 11.3 Å². The van der Waals surface area contributed by atoms with Crippen LogP contribution in [0.5, 0.6) is 0 Å². The van der Waals surface area contributed by atoms with E-state index >= 15 is 0 Å². The van der Waals surface area contributed by atoms with Gasteiger partial charge in [0, 0.05) is 19.6 Å². The average Bonchev–Trinajstić information content (AvgIpc) is 3.10. The van der Waals surface area contributed by atoms with Crippen LogP contribution in [-0.4, -0.2) is 18.0 Å². The molecule has 3 nitrogen and oxygen atoms in total. The Morgan fingerprint density at radius 2 is 1.61 bits per heavy atom. The summed E-state index contributed by atoms with van der Waals surface area (Å²) in [4.78, 5) is 2.54. The van der Waals surface area contributed by atoms with E-state index in [1.54, 1.807) is 0 Å². The molecule has 0 unspecified atom stereocenters. The number of hydrogen-bond donors (Lipinski definition) is 1. The van der Waals surface area contributed by atoms with Crippen LogP contribution >= 0.6 is 0 Å². The molecule has 1 heterocycles. The monoisotopic (exact) mass is 305 g/mol. The van der Waals surface area contributed by atoms with Crippen LogP contribution in [0.25, 0.3) is 0 Å². The molecule has 23 heavy (non-hydrogen) atoms. The number of nitrogens with zero attached hydrogens (tertiary/aromatic N) is 2. The molecule has 0 aromatic heterocycles. The van der Waals surface area contributed by atoms with Gasteiger partial charge in [-0.25, -0.2) is 0 Å². The van der Waals surface area contributed by atoms with Crippen LogP contribution < -0.4 is 5.32 Å². The first-order valence-corrected chi connectivity index (χ1v) is 8.34. The van der Waals surface area contributed by atoms with Gasteiger partial charge in [0.25, 0.3) is 0 Å². The van der Waals surface area contributed by atoms with Crippen molar-refractivity contribution in [2.45, 2.75) is 32.5 Å². The van der Waals surface area contributed by atoms with Crippen molar-refractivity contribution in [1.82, 2.24) is 10.2 Å². The van der Waals surface area contributed by atoms with E-state index in [2.05, 4.69) is 40.6 Å².